The van der Waals surface area contributed by atoms with E-state index in [0.29, 0.717) is 36.9 Å². The van der Waals surface area contributed by atoms with E-state index >= 15 is 0 Å². The Labute approximate surface area is 112 Å². The Kier molecular flexibility index (Phi) is 5.88. The van der Waals surface area contributed by atoms with Crippen molar-refractivity contribution in [2.75, 3.05) is 32.0 Å². The molecule has 1 rings (SSSR count). The van der Waals surface area contributed by atoms with Crippen molar-refractivity contribution in [3.8, 4) is 0 Å². The monoisotopic (exact) mass is 271 g/mol. The standard InChI is InChI=1S/C12H18ClN3O2/c1-3-16(5-6-18-4-2)12(17)9-7-10(13)11(14)15-8-9/h7-8H,3-6H2,1-2H3,(H2,14,15). The van der Waals surface area contributed by atoms with E-state index in [1.54, 1.807) is 4.90 Å². The molecule has 0 radical (unpaired) electrons. The first-order valence-electron chi connectivity index (χ1n) is 5.88. The third-order valence-electron chi connectivity index (χ3n) is 2.50. The number of rotatable bonds is 6. The Balaban J connectivity index is 2.73. The van der Waals surface area contributed by atoms with Crippen molar-refractivity contribution in [1.29, 1.82) is 0 Å². The Morgan fingerprint density at radius 3 is 2.83 bits per heavy atom. The van der Waals surface area contributed by atoms with Crippen molar-refractivity contribution < 1.29 is 9.53 Å². The van der Waals surface area contributed by atoms with Crippen molar-refractivity contribution in [1.82, 2.24) is 9.88 Å². The lowest BCUT2D eigenvalue weighted by Gasteiger charge is -2.20. The van der Waals surface area contributed by atoms with Crippen molar-refractivity contribution in [3.05, 3.63) is 22.8 Å². The summed E-state index contributed by atoms with van der Waals surface area (Å²) in [6.45, 7) is 6.14. The molecule has 1 aromatic heterocycles. The molecule has 0 bridgehead atoms. The number of pyridine rings is 1. The van der Waals surface area contributed by atoms with Crippen LogP contribution in [0.4, 0.5) is 5.82 Å². The first-order valence-corrected chi connectivity index (χ1v) is 6.26. The van der Waals surface area contributed by atoms with Gasteiger partial charge in [-0.15, -0.1) is 0 Å². The zero-order chi connectivity index (χ0) is 13.5. The molecule has 1 aromatic rings. The van der Waals surface area contributed by atoms with Gasteiger partial charge in [0.1, 0.15) is 5.82 Å². The number of nitrogen functional groups attached to an aromatic ring is 1. The lowest BCUT2D eigenvalue weighted by atomic mass is 10.2. The quantitative estimate of drug-likeness (QED) is 0.802. The molecule has 6 heteroatoms. The molecular formula is C12H18ClN3O2. The Bertz CT molecular complexity index is 412. The molecular weight excluding hydrogens is 254 g/mol. The number of halogens is 1. The summed E-state index contributed by atoms with van der Waals surface area (Å²) in [6, 6.07) is 1.54. The van der Waals surface area contributed by atoms with E-state index in [-0.39, 0.29) is 11.7 Å². The van der Waals surface area contributed by atoms with E-state index in [1.165, 1.54) is 12.3 Å². The molecule has 0 spiro atoms. The topological polar surface area (TPSA) is 68.5 Å². The molecule has 0 saturated heterocycles. The molecule has 0 fully saturated rings. The Morgan fingerprint density at radius 2 is 2.28 bits per heavy atom. The van der Waals surface area contributed by atoms with Gasteiger partial charge in [-0.25, -0.2) is 4.98 Å². The van der Waals surface area contributed by atoms with Crippen molar-refractivity contribution in [3.63, 3.8) is 0 Å². The van der Waals surface area contributed by atoms with Crippen LogP contribution in [0.1, 0.15) is 24.2 Å². The minimum atomic E-state index is -0.119. The summed E-state index contributed by atoms with van der Waals surface area (Å²) in [5, 5.41) is 0.293. The number of nitrogens with zero attached hydrogens (tertiary/aromatic N) is 2. The summed E-state index contributed by atoms with van der Waals surface area (Å²) in [5.41, 5.74) is 5.95. The molecule has 0 saturated carbocycles. The number of ether oxygens (including phenoxy) is 1. The van der Waals surface area contributed by atoms with E-state index in [2.05, 4.69) is 4.98 Å². The predicted octanol–water partition coefficient (Wildman–Crippen LogP) is 1.82. The molecule has 0 aromatic carbocycles. The number of anilines is 1. The van der Waals surface area contributed by atoms with Gasteiger partial charge in [0.05, 0.1) is 17.2 Å². The highest BCUT2D eigenvalue weighted by molar-refractivity contribution is 6.33. The summed E-state index contributed by atoms with van der Waals surface area (Å²) >= 11 is 5.85. The first-order chi connectivity index (χ1) is 8.60. The van der Waals surface area contributed by atoms with Crippen molar-refractivity contribution in [2.45, 2.75) is 13.8 Å². The molecule has 5 nitrogen and oxygen atoms in total. The van der Waals surface area contributed by atoms with Crippen LogP contribution in [0.2, 0.25) is 5.02 Å². The molecule has 0 atom stereocenters. The summed E-state index contributed by atoms with van der Waals surface area (Å²) in [6.07, 6.45) is 1.44. The zero-order valence-electron chi connectivity index (χ0n) is 10.6. The van der Waals surface area contributed by atoms with Gasteiger partial charge < -0.3 is 15.4 Å². The lowest BCUT2D eigenvalue weighted by molar-refractivity contribution is 0.0669. The van der Waals surface area contributed by atoms with Gasteiger partial charge in [0.15, 0.2) is 0 Å². The van der Waals surface area contributed by atoms with Gasteiger partial charge in [-0.1, -0.05) is 11.6 Å². The number of aromatic nitrogens is 1. The highest BCUT2D eigenvalue weighted by Gasteiger charge is 2.15. The number of nitrogens with two attached hydrogens (primary N) is 1. The van der Waals surface area contributed by atoms with Gasteiger partial charge in [0, 0.05) is 25.9 Å². The second kappa shape index (κ2) is 7.18. The number of carbonyl (C=O) groups is 1. The lowest BCUT2D eigenvalue weighted by Crippen LogP contribution is -2.34. The summed E-state index contributed by atoms with van der Waals surface area (Å²) in [4.78, 5) is 17.7. The van der Waals surface area contributed by atoms with E-state index in [1.807, 2.05) is 13.8 Å². The molecule has 100 valence electrons. The molecule has 2 N–H and O–H groups in total. The molecule has 0 unspecified atom stereocenters. The van der Waals surface area contributed by atoms with Crippen LogP contribution in [0.15, 0.2) is 12.3 Å². The Hall–Kier alpha value is -1.33. The second-order valence-electron chi connectivity index (χ2n) is 3.67. The van der Waals surface area contributed by atoms with Gasteiger partial charge in [-0.3, -0.25) is 4.79 Å². The maximum Gasteiger partial charge on any atom is 0.255 e. The fourth-order valence-electron chi connectivity index (χ4n) is 1.47. The fraction of sp³-hybridized carbons (Fsp3) is 0.500. The molecule has 0 aliphatic carbocycles. The number of hydrogen-bond donors (Lipinski definition) is 1. The highest BCUT2D eigenvalue weighted by atomic mass is 35.5. The molecule has 1 amide bonds. The minimum absolute atomic E-state index is 0.119. The Morgan fingerprint density at radius 1 is 1.56 bits per heavy atom. The van der Waals surface area contributed by atoms with Crippen LogP contribution in [0.3, 0.4) is 0 Å². The smallest absolute Gasteiger partial charge is 0.255 e. The van der Waals surface area contributed by atoms with E-state index in [0.717, 1.165) is 0 Å². The van der Waals surface area contributed by atoms with E-state index < -0.39 is 0 Å². The van der Waals surface area contributed by atoms with Gasteiger partial charge in [-0.05, 0) is 19.9 Å². The number of hydrogen-bond acceptors (Lipinski definition) is 4. The maximum absolute atomic E-state index is 12.2. The molecule has 18 heavy (non-hydrogen) atoms. The third kappa shape index (κ3) is 3.85. The van der Waals surface area contributed by atoms with Crippen LogP contribution in [0.5, 0.6) is 0 Å². The molecule has 0 aliphatic rings. The van der Waals surface area contributed by atoms with Crippen LogP contribution in [0.25, 0.3) is 0 Å². The zero-order valence-corrected chi connectivity index (χ0v) is 11.4. The number of likely N-dealkylation sites (N-methyl/N-ethyl adjacent to an activating group) is 1. The van der Waals surface area contributed by atoms with Crippen molar-refractivity contribution >= 4 is 23.3 Å². The van der Waals surface area contributed by atoms with E-state index in [4.69, 9.17) is 22.1 Å². The highest BCUT2D eigenvalue weighted by Crippen LogP contribution is 2.17. The van der Waals surface area contributed by atoms with Gasteiger partial charge >= 0.3 is 0 Å². The van der Waals surface area contributed by atoms with Gasteiger partial charge in [0.2, 0.25) is 0 Å². The predicted molar refractivity (Wildman–Crippen MR) is 71.7 cm³/mol. The first kappa shape index (κ1) is 14.7. The summed E-state index contributed by atoms with van der Waals surface area (Å²) in [7, 11) is 0. The van der Waals surface area contributed by atoms with Crippen molar-refractivity contribution in [2.24, 2.45) is 0 Å². The van der Waals surface area contributed by atoms with Crippen LogP contribution in [-0.4, -0.2) is 42.1 Å². The summed E-state index contributed by atoms with van der Waals surface area (Å²) in [5.74, 6) is 0.109. The minimum Gasteiger partial charge on any atom is -0.382 e. The number of amides is 1. The van der Waals surface area contributed by atoms with Crippen LogP contribution in [-0.2, 0) is 4.74 Å². The van der Waals surface area contributed by atoms with Crippen LogP contribution < -0.4 is 5.73 Å². The van der Waals surface area contributed by atoms with Gasteiger partial charge in [0.25, 0.3) is 5.91 Å². The average Bonchev–Trinajstić information content (AvgIpc) is 2.37. The van der Waals surface area contributed by atoms with E-state index in [9.17, 15) is 4.79 Å². The third-order valence-corrected chi connectivity index (χ3v) is 2.80. The largest absolute Gasteiger partial charge is 0.382 e. The average molecular weight is 272 g/mol. The maximum atomic E-state index is 12.2. The molecule has 1 heterocycles. The summed E-state index contributed by atoms with van der Waals surface area (Å²) < 4.78 is 5.24. The van der Waals surface area contributed by atoms with Crippen LogP contribution in [0, 0.1) is 0 Å². The number of carbonyl (C=O) groups excluding carboxylic acids is 1. The van der Waals surface area contributed by atoms with Gasteiger partial charge in [-0.2, -0.15) is 0 Å². The van der Waals surface area contributed by atoms with Crippen LogP contribution >= 0.6 is 11.6 Å². The molecule has 0 aliphatic heterocycles. The normalized spacial score (nSPS) is 10.4. The second-order valence-corrected chi connectivity index (χ2v) is 4.08. The fourth-order valence-corrected chi connectivity index (χ4v) is 1.64. The SMILES string of the molecule is CCOCCN(CC)C(=O)c1cnc(N)c(Cl)c1.